The van der Waals surface area contributed by atoms with Crippen LogP contribution in [0, 0.1) is 0 Å². The van der Waals surface area contributed by atoms with Crippen molar-refractivity contribution >= 4 is 5.97 Å². The Kier molecular flexibility index (Phi) is 2.26. The van der Waals surface area contributed by atoms with Crippen LogP contribution in [0.1, 0.15) is 42.7 Å². The molecule has 1 aromatic rings. The second kappa shape index (κ2) is 3.57. The van der Waals surface area contributed by atoms with E-state index < -0.39 is 11.4 Å². The Morgan fingerprint density at radius 1 is 1.29 bits per heavy atom. The van der Waals surface area contributed by atoms with Gasteiger partial charge in [0.1, 0.15) is 0 Å². The second-order valence-corrected chi connectivity index (χ2v) is 5.42. The topological polar surface area (TPSA) is 63.3 Å². The molecule has 0 spiro atoms. The SMILES string of the molecule is NC1CC(C(=O)O)(c2ccccc2C2CC2)C1. The van der Waals surface area contributed by atoms with E-state index in [2.05, 4.69) is 6.07 Å². The molecular weight excluding hydrogens is 214 g/mol. The smallest absolute Gasteiger partial charge is 0.314 e. The molecule has 1 aromatic carbocycles. The van der Waals surface area contributed by atoms with E-state index in [9.17, 15) is 9.90 Å². The molecular formula is C14H17NO2. The highest BCUT2D eigenvalue weighted by Crippen LogP contribution is 2.50. The Bertz CT molecular complexity index is 459. The summed E-state index contributed by atoms with van der Waals surface area (Å²) in [5, 5.41) is 9.53. The Balaban J connectivity index is 2.04. The standard InChI is InChI=1S/C14H17NO2/c15-10-7-14(8-10,13(16)17)12-4-2-1-3-11(12)9-5-6-9/h1-4,9-10H,5-8,15H2,(H,16,17). The zero-order valence-electron chi connectivity index (χ0n) is 9.73. The summed E-state index contributed by atoms with van der Waals surface area (Å²) in [7, 11) is 0. The Hall–Kier alpha value is -1.35. The highest BCUT2D eigenvalue weighted by Gasteiger charge is 2.52. The van der Waals surface area contributed by atoms with Gasteiger partial charge in [-0.1, -0.05) is 24.3 Å². The van der Waals surface area contributed by atoms with Gasteiger partial charge in [-0.15, -0.1) is 0 Å². The summed E-state index contributed by atoms with van der Waals surface area (Å²) in [6.07, 6.45) is 3.54. The van der Waals surface area contributed by atoms with Crippen LogP contribution in [0.4, 0.5) is 0 Å². The maximum absolute atomic E-state index is 11.6. The summed E-state index contributed by atoms with van der Waals surface area (Å²) in [6, 6.07) is 8.05. The monoisotopic (exact) mass is 231 g/mol. The minimum absolute atomic E-state index is 0.0401. The quantitative estimate of drug-likeness (QED) is 0.836. The predicted octanol–water partition coefficient (Wildman–Crippen LogP) is 2.01. The zero-order chi connectivity index (χ0) is 12.0. The van der Waals surface area contributed by atoms with Gasteiger partial charge in [0.15, 0.2) is 0 Å². The van der Waals surface area contributed by atoms with Gasteiger partial charge in [-0.25, -0.2) is 0 Å². The maximum atomic E-state index is 11.6. The first-order chi connectivity index (χ1) is 8.13. The van der Waals surface area contributed by atoms with E-state index in [0.717, 1.165) is 5.56 Å². The van der Waals surface area contributed by atoms with Gasteiger partial charge in [0.2, 0.25) is 0 Å². The minimum atomic E-state index is -0.715. The van der Waals surface area contributed by atoms with Gasteiger partial charge < -0.3 is 10.8 Å². The Labute approximate surface area is 101 Å². The number of rotatable bonds is 3. The van der Waals surface area contributed by atoms with Gasteiger partial charge in [0.25, 0.3) is 0 Å². The number of aliphatic carboxylic acids is 1. The predicted molar refractivity (Wildman–Crippen MR) is 64.9 cm³/mol. The number of hydrogen-bond donors (Lipinski definition) is 2. The van der Waals surface area contributed by atoms with Crippen molar-refractivity contribution in [1.29, 1.82) is 0 Å². The first kappa shape index (κ1) is 10.8. The van der Waals surface area contributed by atoms with E-state index in [0.29, 0.717) is 18.8 Å². The molecule has 2 saturated carbocycles. The van der Waals surface area contributed by atoms with Gasteiger partial charge in [0.05, 0.1) is 5.41 Å². The van der Waals surface area contributed by atoms with Crippen LogP contribution in [0.15, 0.2) is 24.3 Å². The normalized spacial score (nSPS) is 31.9. The number of carbonyl (C=O) groups is 1. The Morgan fingerprint density at radius 2 is 1.94 bits per heavy atom. The van der Waals surface area contributed by atoms with Crippen LogP contribution in [0.2, 0.25) is 0 Å². The van der Waals surface area contributed by atoms with Gasteiger partial charge >= 0.3 is 5.97 Å². The van der Waals surface area contributed by atoms with E-state index in [4.69, 9.17) is 5.73 Å². The molecule has 0 radical (unpaired) electrons. The molecule has 2 aliphatic carbocycles. The highest BCUT2D eigenvalue weighted by atomic mass is 16.4. The lowest BCUT2D eigenvalue weighted by Crippen LogP contribution is -2.54. The molecule has 0 heterocycles. The minimum Gasteiger partial charge on any atom is -0.481 e. The fourth-order valence-electron chi connectivity index (χ4n) is 3.03. The first-order valence-corrected chi connectivity index (χ1v) is 6.22. The van der Waals surface area contributed by atoms with Crippen LogP contribution >= 0.6 is 0 Å². The zero-order valence-corrected chi connectivity index (χ0v) is 9.73. The third-order valence-corrected chi connectivity index (χ3v) is 4.12. The molecule has 17 heavy (non-hydrogen) atoms. The molecule has 3 nitrogen and oxygen atoms in total. The van der Waals surface area contributed by atoms with Gasteiger partial charge in [-0.2, -0.15) is 0 Å². The lowest BCUT2D eigenvalue weighted by molar-refractivity contribution is -0.148. The Morgan fingerprint density at radius 3 is 2.47 bits per heavy atom. The molecule has 3 N–H and O–H groups in total. The fourth-order valence-corrected chi connectivity index (χ4v) is 3.03. The van der Waals surface area contributed by atoms with Crippen LogP contribution in [0.3, 0.4) is 0 Å². The molecule has 3 rings (SSSR count). The van der Waals surface area contributed by atoms with Crippen LogP contribution in [-0.4, -0.2) is 17.1 Å². The van der Waals surface area contributed by atoms with Crippen LogP contribution in [-0.2, 0) is 10.2 Å². The fraction of sp³-hybridized carbons (Fsp3) is 0.500. The van der Waals surface area contributed by atoms with Crippen molar-refractivity contribution < 1.29 is 9.90 Å². The third kappa shape index (κ3) is 1.57. The van der Waals surface area contributed by atoms with Crippen LogP contribution < -0.4 is 5.73 Å². The average molecular weight is 231 g/mol. The summed E-state index contributed by atoms with van der Waals surface area (Å²) >= 11 is 0. The van der Waals surface area contributed by atoms with E-state index >= 15 is 0 Å². The van der Waals surface area contributed by atoms with Crippen LogP contribution in [0.5, 0.6) is 0 Å². The van der Waals surface area contributed by atoms with Crippen molar-refractivity contribution in [1.82, 2.24) is 0 Å². The van der Waals surface area contributed by atoms with Gasteiger partial charge in [-0.3, -0.25) is 4.79 Å². The molecule has 3 heteroatoms. The van der Waals surface area contributed by atoms with Crippen molar-refractivity contribution in [2.45, 2.75) is 43.1 Å². The maximum Gasteiger partial charge on any atom is 0.314 e. The first-order valence-electron chi connectivity index (χ1n) is 6.22. The summed E-state index contributed by atoms with van der Waals surface area (Å²) < 4.78 is 0. The molecule has 0 saturated heterocycles. The molecule has 0 bridgehead atoms. The molecule has 0 amide bonds. The molecule has 0 atom stereocenters. The van der Waals surface area contributed by atoms with Crippen molar-refractivity contribution in [3.63, 3.8) is 0 Å². The number of carboxylic acid groups (broad SMARTS) is 1. The third-order valence-electron chi connectivity index (χ3n) is 4.12. The molecule has 0 unspecified atom stereocenters. The summed E-state index contributed by atoms with van der Waals surface area (Å²) in [4.78, 5) is 11.6. The molecule has 90 valence electrons. The highest BCUT2D eigenvalue weighted by molar-refractivity contribution is 5.83. The molecule has 2 aliphatic rings. The van der Waals surface area contributed by atoms with Crippen molar-refractivity contribution in [2.75, 3.05) is 0 Å². The number of benzene rings is 1. The van der Waals surface area contributed by atoms with Crippen molar-refractivity contribution in [3.8, 4) is 0 Å². The second-order valence-electron chi connectivity index (χ2n) is 5.42. The van der Waals surface area contributed by atoms with E-state index in [-0.39, 0.29) is 6.04 Å². The summed E-state index contributed by atoms with van der Waals surface area (Å²) in [5.74, 6) is -0.133. The molecule has 0 aliphatic heterocycles. The summed E-state index contributed by atoms with van der Waals surface area (Å²) in [5.41, 5.74) is 7.35. The van der Waals surface area contributed by atoms with E-state index in [1.165, 1.54) is 18.4 Å². The van der Waals surface area contributed by atoms with E-state index in [1.807, 2.05) is 18.2 Å². The van der Waals surface area contributed by atoms with E-state index in [1.54, 1.807) is 0 Å². The van der Waals surface area contributed by atoms with Gasteiger partial charge in [-0.05, 0) is 42.7 Å². The lowest BCUT2D eigenvalue weighted by Gasteiger charge is -2.44. The number of nitrogens with two attached hydrogens (primary N) is 1. The van der Waals surface area contributed by atoms with Gasteiger partial charge in [0, 0.05) is 6.04 Å². The average Bonchev–Trinajstić information content (AvgIpc) is 3.08. The summed E-state index contributed by atoms with van der Waals surface area (Å²) in [6.45, 7) is 0. The largest absolute Gasteiger partial charge is 0.481 e. The molecule has 0 aromatic heterocycles. The lowest BCUT2D eigenvalue weighted by atomic mass is 9.60. The van der Waals surface area contributed by atoms with Crippen LogP contribution in [0.25, 0.3) is 0 Å². The number of hydrogen-bond acceptors (Lipinski definition) is 2. The van der Waals surface area contributed by atoms with Crippen molar-refractivity contribution in [2.24, 2.45) is 5.73 Å². The molecule has 2 fully saturated rings. The van der Waals surface area contributed by atoms with Crippen molar-refractivity contribution in [3.05, 3.63) is 35.4 Å². The number of carboxylic acids is 1.